The van der Waals surface area contributed by atoms with Crippen molar-refractivity contribution in [2.45, 2.75) is 38.9 Å². The Bertz CT molecular complexity index is 723. The number of hydrogen-bond donors (Lipinski definition) is 0. The number of anilines is 1. The molecule has 120 valence electrons. The summed E-state index contributed by atoms with van der Waals surface area (Å²) in [5, 5.41) is 0. The van der Waals surface area contributed by atoms with Crippen LogP contribution in [-0.2, 0) is 24.3 Å². The lowest BCUT2D eigenvalue weighted by Gasteiger charge is -2.37. The SMILES string of the molecule is C[C@@H]1CCc2ccccc2N1C(=O)CN1CCn2ccnc2C1. The van der Waals surface area contributed by atoms with Gasteiger partial charge in [0.2, 0.25) is 5.91 Å². The zero-order chi connectivity index (χ0) is 15.8. The number of carbonyl (C=O) groups is 1. The van der Waals surface area contributed by atoms with E-state index in [1.165, 1.54) is 5.56 Å². The van der Waals surface area contributed by atoms with Crippen LogP contribution in [0.2, 0.25) is 0 Å². The Kier molecular flexibility index (Phi) is 3.65. The number of hydrogen-bond acceptors (Lipinski definition) is 3. The lowest BCUT2D eigenvalue weighted by Crippen LogP contribution is -2.48. The van der Waals surface area contributed by atoms with Gasteiger partial charge >= 0.3 is 0 Å². The third kappa shape index (κ3) is 2.65. The minimum atomic E-state index is 0.199. The van der Waals surface area contributed by atoms with Gasteiger partial charge in [0.1, 0.15) is 5.82 Å². The monoisotopic (exact) mass is 310 g/mol. The highest BCUT2D eigenvalue weighted by Crippen LogP contribution is 2.30. The molecule has 0 aliphatic carbocycles. The van der Waals surface area contributed by atoms with E-state index in [1.807, 2.05) is 23.4 Å². The molecule has 0 spiro atoms. The van der Waals surface area contributed by atoms with E-state index in [2.05, 4.69) is 39.6 Å². The molecule has 2 aliphatic rings. The first-order valence-electron chi connectivity index (χ1n) is 8.35. The van der Waals surface area contributed by atoms with Gasteiger partial charge in [-0.25, -0.2) is 4.98 Å². The molecule has 0 fully saturated rings. The number of carbonyl (C=O) groups excluding carboxylic acids is 1. The van der Waals surface area contributed by atoms with Gasteiger partial charge in [0.15, 0.2) is 0 Å². The summed E-state index contributed by atoms with van der Waals surface area (Å²) in [7, 11) is 0. The lowest BCUT2D eigenvalue weighted by atomic mass is 9.96. The fraction of sp³-hybridized carbons (Fsp3) is 0.444. The van der Waals surface area contributed by atoms with E-state index in [4.69, 9.17) is 0 Å². The van der Waals surface area contributed by atoms with Crippen LogP contribution in [0.25, 0.3) is 0 Å². The second-order valence-corrected chi connectivity index (χ2v) is 6.53. The second kappa shape index (κ2) is 5.81. The number of imidazole rings is 1. The number of benzene rings is 1. The van der Waals surface area contributed by atoms with Crippen molar-refractivity contribution in [2.75, 3.05) is 18.0 Å². The van der Waals surface area contributed by atoms with Crippen molar-refractivity contribution in [1.82, 2.24) is 14.5 Å². The number of nitrogens with zero attached hydrogens (tertiary/aromatic N) is 4. The first kappa shape index (κ1) is 14.5. The van der Waals surface area contributed by atoms with Crippen LogP contribution < -0.4 is 4.90 Å². The average molecular weight is 310 g/mol. The predicted octanol–water partition coefficient (Wildman–Crippen LogP) is 2.07. The number of aryl methyl sites for hydroxylation is 1. The standard InChI is InChI=1S/C18H22N4O/c1-14-6-7-15-4-2-3-5-16(15)22(14)18(23)13-20-10-11-21-9-8-19-17(21)12-20/h2-5,8-9,14H,6-7,10-13H2,1H3/t14-/m1/s1. The Morgan fingerprint density at radius 2 is 2.17 bits per heavy atom. The Morgan fingerprint density at radius 3 is 3.09 bits per heavy atom. The van der Waals surface area contributed by atoms with Crippen LogP contribution in [0.3, 0.4) is 0 Å². The molecule has 0 radical (unpaired) electrons. The molecule has 2 aromatic rings. The molecule has 23 heavy (non-hydrogen) atoms. The van der Waals surface area contributed by atoms with E-state index in [0.717, 1.165) is 44.0 Å². The first-order valence-corrected chi connectivity index (χ1v) is 8.35. The smallest absolute Gasteiger partial charge is 0.241 e. The molecular formula is C18H22N4O. The van der Waals surface area contributed by atoms with Gasteiger partial charge in [0, 0.05) is 37.2 Å². The van der Waals surface area contributed by atoms with Crippen molar-refractivity contribution in [3.8, 4) is 0 Å². The molecule has 5 nitrogen and oxygen atoms in total. The molecule has 1 atom stereocenters. The maximum atomic E-state index is 12.9. The summed E-state index contributed by atoms with van der Waals surface area (Å²) in [4.78, 5) is 21.5. The van der Waals surface area contributed by atoms with Gasteiger partial charge in [0.25, 0.3) is 0 Å². The zero-order valence-corrected chi connectivity index (χ0v) is 13.5. The van der Waals surface area contributed by atoms with E-state index in [-0.39, 0.29) is 11.9 Å². The van der Waals surface area contributed by atoms with Gasteiger partial charge in [-0.05, 0) is 31.4 Å². The topological polar surface area (TPSA) is 41.4 Å². The molecule has 2 aliphatic heterocycles. The summed E-state index contributed by atoms with van der Waals surface area (Å²) in [6.45, 7) is 5.18. The number of aromatic nitrogens is 2. The van der Waals surface area contributed by atoms with Gasteiger partial charge in [-0.15, -0.1) is 0 Å². The molecule has 0 unspecified atom stereocenters. The molecule has 5 heteroatoms. The molecule has 4 rings (SSSR count). The molecular weight excluding hydrogens is 288 g/mol. The van der Waals surface area contributed by atoms with Crippen molar-refractivity contribution >= 4 is 11.6 Å². The summed E-state index contributed by atoms with van der Waals surface area (Å²) in [5.41, 5.74) is 2.38. The van der Waals surface area contributed by atoms with E-state index >= 15 is 0 Å². The van der Waals surface area contributed by atoms with Crippen molar-refractivity contribution in [1.29, 1.82) is 0 Å². The highest BCUT2D eigenvalue weighted by Gasteiger charge is 2.29. The maximum Gasteiger partial charge on any atom is 0.241 e. The van der Waals surface area contributed by atoms with Gasteiger partial charge < -0.3 is 9.47 Å². The summed E-state index contributed by atoms with van der Waals surface area (Å²) < 4.78 is 2.17. The molecule has 1 aromatic heterocycles. The summed E-state index contributed by atoms with van der Waals surface area (Å²) >= 11 is 0. The molecule has 0 bridgehead atoms. The van der Waals surface area contributed by atoms with Crippen molar-refractivity contribution in [3.63, 3.8) is 0 Å². The minimum absolute atomic E-state index is 0.199. The van der Waals surface area contributed by atoms with Gasteiger partial charge in [0.05, 0.1) is 13.1 Å². The van der Waals surface area contributed by atoms with Gasteiger partial charge in [-0.2, -0.15) is 0 Å². The van der Waals surface area contributed by atoms with E-state index < -0.39 is 0 Å². The van der Waals surface area contributed by atoms with Gasteiger partial charge in [-0.3, -0.25) is 9.69 Å². The molecule has 0 saturated carbocycles. The number of amides is 1. The summed E-state index contributed by atoms with van der Waals surface area (Å²) in [6.07, 6.45) is 5.94. The van der Waals surface area contributed by atoms with Crippen LogP contribution in [0.5, 0.6) is 0 Å². The van der Waals surface area contributed by atoms with E-state index in [1.54, 1.807) is 0 Å². The lowest BCUT2D eigenvalue weighted by molar-refractivity contribution is -0.120. The third-order valence-corrected chi connectivity index (χ3v) is 4.97. The largest absolute Gasteiger partial charge is 0.333 e. The number of rotatable bonds is 2. The van der Waals surface area contributed by atoms with Crippen LogP contribution in [0.1, 0.15) is 24.7 Å². The van der Waals surface area contributed by atoms with Crippen LogP contribution in [0, 0.1) is 0 Å². The van der Waals surface area contributed by atoms with E-state index in [9.17, 15) is 4.79 Å². The van der Waals surface area contributed by atoms with Crippen LogP contribution in [0.15, 0.2) is 36.7 Å². The summed E-state index contributed by atoms with van der Waals surface area (Å²) in [5.74, 6) is 1.25. The quantitative estimate of drug-likeness (QED) is 0.853. The Labute approximate surface area is 136 Å². The Balaban J connectivity index is 1.51. The van der Waals surface area contributed by atoms with Gasteiger partial charge in [-0.1, -0.05) is 18.2 Å². The normalized spacial score (nSPS) is 20.9. The minimum Gasteiger partial charge on any atom is -0.333 e. The molecule has 1 amide bonds. The molecule has 0 N–H and O–H groups in total. The molecule has 0 saturated heterocycles. The highest BCUT2D eigenvalue weighted by molar-refractivity contribution is 5.96. The summed E-state index contributed by atoms with van der Waals surface area (Å²) in [6, 6.07) is 8.56. The zero-order valence-electron chi connectivity index (χ0n) is 13.5. The van der Waals surface area contributed by atoms with Crippen LogP contribution in [0.4, 0.5) is 5.69 Å². The Morgan fingerprint density at radius 1 is 1.30 bits per heavy atom. The highest BCUT2D eigenvalue weighted by atomic mass is 16.2. The van der Waals surface area contributed by atoms with Crippen molar-refractivity contribution in [3.05, 3.63) is 48.0 Å². The molecule has 1 aromatic carbocycles. The maximum absolute atomic E-state index is 12.9. The predicted molar refractivity (Wildman–Crippen MR) is 89.2 cm³/mol. The Hall–Kier alpha value is -2.14. The fourth-order valence-electron chi connectivity index (χ4n) is 3.69. The number of fused-ring (bicyclic) bond motifs is 2. The second-order valence-electron chi connectivity index (χ2n) is 6.53. The number of para-hydroxylation sites is 1. The van der Waals surface area contributed by atoms with Crippen LogP contribution in [-0.4, -0.2) is 39.5 Å². The fourth-order valence-corrected chi connectivity index (χ4v) is 3.69. The molecule has 3 heterocycles. The third-order valence-electron chi connectivity index (χ3n) is 4.97. The average Bonchev–Trinajstić information content (AvgIpc) is 3.02. The van der Waals surface area contributed by atoms with Crippen molar-refractivity contribution < 1.29 is 4.79 Å². The van der Waals surface area contributed by atoms with Crippen molar-refractivity contribution in [2.24, 2.45) is 0 Å². The van der Waals surface area contributed by atoms with Crippen LogP contribution >= 0.6 is 0 Å². The first-order chi connectivity index (χ1) is 11.2. The van der Waals surface area contributed by atoms with E-state index in [0.29, 0.717) is 6.54 Å².